The summed E-state index contributed by atoms with van der Waals surface area (Å²) in [4.78, 5) is 2.59. The summed E-state index contributed by atoms with van der Waals surface area (Å²) in [5.74, 6) is 0. The second kappa shape index (κ2) is 9.19. The molecule has 0 bridgehead atoms. The summed E-state index contributed by atoms with van der Waals surface area (Å²) in [6, 6.07) is 52.0. The first-order valence-corrected chi connectivity index (χ1v) is 16.0. The van der Waals surface area contributed by atoms with Crippen LogP contribution in [0.5, 0.6) is 0 Å². The summed E-state index contributed by atoms with van der Waals surface area (Å²) in [6.45, 7) is 9.54. The van der Waals surface area contributed by atoms with Gasteiger partial charge in [0.15, 0.2) is 0 Å². The van der Waals surface area contributed by atoms with Crippen LogP contribution in [-0.4, -0.2) is 0 Å². The minimum atomic E-state index is -0.140. The molecule has 216 valence electrons. The van der Waals surface area contributed by atoms with Crippen molar-refractivity contribution in [3.63, 3.8) is 0 Å². The monoisotopic (exact) mass is 577 g/mol. The largest absolute Gasteiger partial charge is 0.309 e. The third kappa shape index (κ3) is 3.50. The normalized spacial score (nSPS) is 15.0. The van der Waals surface area contributed by atoms with Crippen LogP contribution >= 0.6 is 0 Å². The van der Waals surface area contributed by atoms with Crippen molar-refractivity contribution in [2.24, 2.45) is 0 Å². The van der Waals surface area contributed by atoms with Crippen LogP contribution in [0.2, 0.25) is 0 Å². The van der Waals surface area contributed by atoms with Crippen LogP contribution in [0.1, 0.15) is 49.9 Å². The highest BCUT2D eigenvalue weighted by Gasteiger charge is 2.41. The van der Waals surface area contributed by atoms with Crippen molar-refractivity contribution < 1.29 is 0 Å². The van der Waals surface area contributed by atoms with Crippen molar-refractivity contribution in [1.29, 1.82) is 0 Å². The van der Waals surface area contributed by atoms with E-state index in [0.717, 1.165) is 0 Å². The Bertz CT molecular complexity index is 2330. The van der Waals surface area contributed by atoms with Crippen molar-refractivity contribution in [3.05, 3.63) is 162 Å². The number of nitrogens with zero attached hydrogens (tertiary/aromatic N) is 1. The lowest BCUT2D eigenvalue weighted by atomic mass is 9.80. The maximum absolute atomic E-state index is 2.59. The standard InChI is InChI=1S/C44H35N/c1-43(2)34-22-11-9-20-32(34)40-36(43)24-14-26-38(40)45(37-25-13-17-28-15-5-7-18-30(28)37)39-27-29-16-6-8-19-31(29)42-41(39)33-21-10-12-23-35(33)44(42,3)4/h5-27H,1-4H3. The van der Waals surface area contributed by atoms with Crippen LogP contribution in [-0.2, 0) is 10.8 Å². The molecule has 0 saturated carbocycles. The molecule has 0 radical (unpaired) electrons. The Morgan fingerprint density at radius 1 is 0.400 bits per heavy atom. The van der Waals surface area contributed by atoms with E-state index in [1.807, 2.05) is 0 Å². The van der Waals surface area contributed by atoms with Gasteiger partial charge in [-0.2, -0.15) is 0 Å². The summed E-state index contributed by atoms with van der Waals surface area (Å²) in [6.07, 6.45) is 0. The predicted molar refractivity (Wildman–Crippen MR) is 191 cm³/mol. The van der Waals surface area contributed by atoms with Crippen molar-refractivity contribution in [3.8, 4) is 22.3 Å². The van der Waals surface area contributed by atoms with E-state index in [2.05, 4.69) is 172 Å². The molecule has 45 heavy (non-hydrogen) atoms. The van der Waals surface area contributed by atoms with E-state index in [4.69, 9.17) is 0 Å². The predicted octanol–water partition coefficient (Wildman–Crippen LogP) is 12.1. The first kappa shape index (κ1) is 26.3. The molecule has 0 fully saturated rings. The fourth-order valence-electron chi connectivity index (χ4n) is 8.53. The Balaban J connectivity index is 1.47. The van der Waals surface area contributed by atoms with Gasteiger partial charge in [-0.15, -0.1) is 0 Å². The van der Waals surface area contributed by atoms with E-state index in [-0.39, 0.29) is 10.8 Å². The minimum absolute atomic E-state index is 0.0910. The molecule has 0 atom stereocenters. The highest BCUT2D eigenvalue weighted by atomic mass is 15.2. The van der Waals surface area contributed by atoms with Gasteiger partial charge in [0.2, 0.25) is 0 Å². The van der Waals surface area contributed by atoms with Crippen LogP contribution in [0.3, 0.4) is 0 Å². The molecule has 9 rings (SSSR count). The van der Waals surface area contributed by atoms with Gasteiger partial charge in [0, 0.05) is 27.3 Å². The van der Waals surface area contributed by atoms with Crippen LogP contribution < -0.4 is 4.90 Å². The van der Waals surface area contributed by atoms with Gasteiger partial charge >= 0.3 is 0 Å². The SMILES string of the molecule is CC1(C)c2ccccc2-c2c(N(c3cc4ccccc4c4c3-c3ccccc3C4(C)C)c3cccc4ccccc34)cccc21. The molecule has 2 aliphatic rings. The number of benzene rings is 7. The summed E-state index contributed by atoms with van der Waals surface area (Å²) in [7, 11) is 0. The average molecular weight is 578 g/mol. The molecule has 0 saturated heterocycles. The Kier molecular flexibility index (Phi) is 5.37. The molecule has 0 unspecified atom stereocenters. The van der Waals surface area contributed by atoms with Crippen LogP contribution in [0.4, 0.5) is 17.1 Å². The topological polar surface area (TPSA) is 3.24 Å². The van der Waals surface area contributed by atoms with Gasteiger partial charge in [0.25, 0.3) is 0 Å². The molecular formula is C44H35N. The third-order valence-electron chi connectivity index (χ3n) is 10.6. The van der Waals surface area contributed by atoms with Crippen molar-refractivity contribution >= 4 is 38.6 Å². The van der Waals surface area contributed by atoms with E-state index in [0.29, 0.717) is 0 Å². The molecular weight excluding hydrogens is 542 g/mol. The Morgan fingerprint density at radius 3 is 1.71 bits per heavy atom. The fourth-order valence-corrected chi connectivity index (χ4v) is 8.53. The van der Waals surface area contributed by atoms with Crippen molar-refractivity contribution in [1.82, 2.24) is 0 Å². The van der Waals surface area contributed by atoms with E-state index in [1.165, 1.54) is 83.1 Å². The summed E-state index contributed by atoms with van der Waals surface area (Å²) >= 11 is 0. The molecule has 7 aromatic rings. The second-order valence-corrected chi connectivity index (χ2v) is 13.7. The molecule has 1 nitrogen and oxygen atoms in total. The lowest BCUT2D eigenvalue weighted by molar-refractivity contribution is 0.660. The highest BCUT2D eigenvalue weighted by Crippen LogP contribution is 2.59. The molecule has 0 amide bonds. The summed E-state index contributed by atoms with van der Waals surface area (Å²) in [5, 5.41) is 5.09. The molecule has 1 heteroatoms. The number of hydrogen-bond donors (Lipinski definition) is 0. The summed E-state index contributed by atoms with van der Waals surface area (Å²) < 4.78 is 0. The Morgan fingerprint density at radius 2 is 0.933 bits per heavy atom. The first-order chi connectivity index (χ1) is 21.9. The number of anilines is 3. The second-order valence-electron chi connectivity index (χ2n) is 13.7. The third-order valence-corrected chi connectivity index (χ3v) is 10.6. The molecule has 0 spiro atoms. The first-order valence-electron chi connectivity index (χ1n) is 16.0. The van der Waals surface area contributed by atoms with Gasteiger partial charge < -0.3 is 4.90 Å². The molecule has 0 aliphatic heterocycles. The maximum Gasteiger partial charge on any atom is 0.0550 e. The van der Waals surface area contributed by atoms with Gasteiger partial charge in [-0.25, -0.2) is 0 Å². The van der Waals surface area contributed by atoms with Crippen molar-refractivity contribution in [2.45, 2.75) is 38.5 Å². The highest BCUT2D eigenvalue weighted by molar-refractivity contribution is 6.10. The zero-order valence-corrected chi connectivity index (χ0v) is 26.2. The van der Waals surface area contributed by atoms with Crippen LogP contribution in [0.15, 0.2) is 140 Å². The zero-order chi connectivity index (χ0) is 30.5. The van der Waals surface area contributed by atoms with Gasteiger partial charge in [-0.3, -0.25) is 0 Å². The molecule has 2 aliphatic carbocycles. The van der Waals surface area contributed by atoms with E-state index in [9.17, 15) is 0 Å². The lowest BCUT2D eigenvalue weighted by Gasteiger charge is -2.32. The van der Waals surface area contributed by atoms with Gasteiger partial charge in [0.05, 0.1) is 17.1 Å². The van der Waals surface area contributed by atoms with Crippen molar-refractivity contribution in [2.75, 3.05) is 4.90 Å². The van der Waals surface area contributed by atoms with E-state index in [1.54, 1.807) is 0 Å². The van der Waals surface area contributed by atoms with E-state index < -0.39 is 0 Å². The zero-order valence-electron chi connectivity index (χ0n) is 26.2. The maximum atomic E-state index is 2.59. The van der Waals surface area contributed by atoms with Crippen LogP contribution in [0.25, 0.3) is 43.8 Å². The number of rotatable bonds is 3. The molecule has 0 aromatic heterocycles. The number of fused-ring (bicyclic) bond motifs is 9. The fraction of sp³-hybridized carbons (Fsp3) is 0.136. The average Bonchev–Trinajstić information content (AvgIpc) is 3.46. The Hall–Kier alpha value is -5.14. The quantitative estimate of drug-likeness (QED) is 0.202. The molecule has 0 N–H and O–H groups in total. The number of hydrogen-bond acceptors (Lipinski definition) is 1. The molecule has 7 aromatic carbocycles. The minimum Gasteiger partial charge on any atom is -0.309 e. The van der Waals surface area contributed by atoms with Crippen LogP contribution in [0, 0.1) is 0 Å². The molecule has 0 heterocycles. The van der Waals surface area contributed by atoms with Gasteiger partial charge in [-0.05, 0) is 67.7 Å². The van der Waals surface area contributed by atoms with Gasteiger partial charge in [0.1, 0.15) is 0 Å². The van der Waals surface area contributed by atoms with E-state index >= 15 is 0 Å². The Labute approximate surface area is 265 Å². The van der Waals surface area contributed by atoms with Gasteiger partial charge in [-0.1, -0.05) is 149 Å². The smallest absolute Gasteiger partial charge is 0.0550 e. The lowest BCUT2D eigenvalue weighted by Crippen LogP contribution is -2.18. The summed E-state index contributed by atoms with van der Waals surface area (Å²) in [5.41, 5.74) is 14.3.